The lowest BCUT2D eigenvalue weighted by Gasteiger charge is -2.42. The summed E-state index contributed by atoms with van der Waals surface area (Å²) in [5.74, 6) is -0.315. The average Bonchev–Trinajstić information content (AvgIpc) is 3.32. The van der Waals surface area contributed by atoms with Gasteiger partial charge in [-0.3, -0.25) is 9.69 Å². The molecule has 0 saturated carbocycles. The summed E-state index contributed by atoms with van der Waals surface area (Å²) >= 11 is 0. The van der Waals surface area contributed by atoms with Crippen LogP contribution in [0.5, 0.6) is 11.5 Å². The number of sulfonamides is 1. The molecular weight excluding hydrogens is 608 g/mol. The highest BCUT2D eigenvalue weighted by atomic mass is 32.2. The Balaban J connectivity index is 1.42. The highest BCUT2D eigenvalue weighted by Gasteiger charge is 2.61. The zero-order chi connectivity index (χ0) is 32.6. The number of amides is 2. The Morgan fingerprint density at radius 1 is 0.848 bits per heavy atom. The summed E-state index contributed by atoms with van der Waals surface area (Å²) in [4.78, 5) is 35.4. The molecular formula is C34H40N4O7S. The first-order valence-corrected chi connectivity index (χ1v) is 16.9. The number of benzene rings is 3. The number of hydrogen-bond donors (Lipinski definition) is 0. The SMILES string of the molecule is COc1ccc2c(c1)C(OC(=O)N1CCN(C3CCN(C)CC3)CC1)(c1ccccc1OC)C(=O)N2S(=O)(=O)c1ccccc1C. The number of methoxy groups -OCH3 is 2. The lowest BCUT2D eigenvalue weighted by Crippen LogP contribution is -2.55. The number of para-hydroxylation sites is 1. The fourth-order valence-corrected chi connectivity index (χ4v) is 8.51. The molecule has 3 aliphatic heterocycles. The van der Waals surface area contributed by atoms with Crippen molar-refractivity contribution in [3.05, 3.63) is 83.4 Å². The van der Waals surface area contributed by atoms with Crippen LogP contribution in [0.15, 0.2) is 71.6 Å². The molecule has 1 unspecified atom stereocenters. The van der Waals surface area contributed by atoms with Gasteiger partial charge in [-0.25, -0.2) is 13.2 Å². The Kier molecular flexibility index (Phi) is 8.70. The number of piperazine rings is 1. The topological polar surface area (TPSA) is 109 Å². The highest BCUT2D eigenvalue weighted by molar-refractivity contribution is 7.93. The summed E-state index contributed by atoms with van der Waals surface area (Å²) in [6, 6.07) is 18.3. The molecule has 12 heteroatoms. The standard InChI is InChI=1S/C34H40N4O7S/c1-24-9-5-8-12-31(24)46(41,42)38-29-14-13-26(43-3)23-28(29)34(32(38)39,27-10-6-7-11-30(27)44-4)45-33(40)37-21-19-36(20-22-37)25-15-17-35(2)18-16-25/h5-14,23,25H,15-22H2,1-4H3. The molecule has 6 rings (SSSR count). The number of carbonyl (C=O) groups is 2. The quantitative estimate of drug-likeness (QED) is 0.378. The third kappa shape index (κ3) is 5.37. The Bertz CT molecular complexity index is 1730. The van der Waals surface area contributed by atoms with Crippen LogP contribution in [-0.2, 0) is 25.2 Å². The number of piperidine rings is 1. The van der Waals surface area contributed by atoms with E-state index in [2.05, 4.69) is 16.8 Å². The van der Waals surface area contributed by atoms with E-state index in [-0.39, 0.29) is 27.5 Å². The molecule has 3 heterocycles. The van der Waals surface area contributed by atoms with Crippen LogP contribution in [0.3, 0.4) is 0 Å². The third-order valence-electron chi connectivity index (χ3n) is 9.40. The molecule has 2 fully saturated rings. The maximum absolute atomic E-state index is 14.9. The Hall–Kier alpha value is -4.13. The molecule has 3 aromatic carbocycles. The van der Waals surface area contributed by atoms with E-state index in [1.807, 2.05) is 0 Å². The second-order valence-corrected chi connectivity index (χ2v) is 13.8. The Morgan fingerprint density at radius 2 is 1.52 bits per heavy atom. The molecule has 244 valence electrons. The normalized spacial score (nSPS) is 21.3. The number of likely N-dealkylation sites (tertiary alicyclic amines) is 1. The molecule has 11 nitrogen and oxygen atoms in total. The molecule has 0 spiro atoms. The van der Waals surface area contributed by atoms with Gasteiger partial charge in [0.25, 0.3) is 15.9 Å². The van der Waals surface area contributed by atoms with Crippen molar-refractivity contribution in [3.63, 3.8) is 0 Å². The second-order valence-electron chi connectivity index (χ2n) is 12.0. The molecule has 0 radical (unpaired) electrons. The van der Waals surface area contributed by atoms with Crippen molar-refractivity contribution in [1.29, 1.82) is 0 Å². The first-order valence-electron chi connectivity index (χ1n) is 15.5. The van der Waals surface area contributed by atoms with Crippen molar-refractivity contribution in [1.82, 2.24) is 14.7 Å². The van der Waals surface area contributed by atoms with Gasteiger partial charge in [-0.2, -0.15) is 4.31 Å². The van der Waals surface area contributed by atoms with Crippen LogP contribution >= 0.6 is 0 Å². The first kappa shape index (κ1) is 31.8. The molecule has 0 aromatic heterocycles. The van der Waals surface area contributed by atoms with Crippen molar-refractivity contribution in [2.24, 2.45) is 0 Å². The number of rotatable bonds is 7. The van der Waals surface area contributed by atoms with Crippen LogP contribution in [-0.4, -0.2) is 102 Å². The van der Waals surface area contributed by atoms with E-state index in [1.54, 1.807) is 66.4 Å². The van der Waals surface area contributed by atoms with Gasteiger partial charge >= 0.3 is 6.09 Å². The van der Waals surface area contributed by atoms with Gasteiger partial charge in [0.15, 0.2) is 0 Å². The summed E-state index contributed by atoms with van der Waals surface area (Å²) in [5, 5.41) is 0. The first-order chi connectivity index (χ1) is 22.1. The molecule has 0 bridgehead atoms. The molecule has 2 saturated heterocycles. The number of nitrogens with zero attached hydrogens (tertiary/aromatic N) is 4. The highest BCUT2D eigenvalue weighted by Crippen LogP contribution is 2.52. The van der Waals surface area contributed by atoms with Gasteiger partial charge < -0.3 is 24.0 Å². The van der Waals surface area contributed by atoms with Crippen molar-refractivity contribution < 1.29 is 32.2 Å². The number of carbonyl (C=O) groups excluding carboxylic acids is 2. The van der Waals surface area contributed by atoms with Gasteiger partial charge in [0, 0.05) is 37.8 Å². The van der Waals surface area contributed by atoms with Gasteiger partial charge in [0.1, 0.15) is 11.5 Å². The Labute approximate surface area is 270 Å². The van der Waals surface area contributed by atoms with Gasteiger partial charge in [-0.15, -0.1) is 0 Å². The minimum Gasteiger partial charge on any atom is -0.497 e. The van der Waals surface area contributed by atoms with E-state index in [4.69, 9.17) is 14.2 Å². The molecule has 1 atom stereocenters. The van der Waals surface area contributed by atoms with E-state index in [1.165, 1.54) is 26.4 Å². The van der Waals surface area contributed by atoms with Crippen molar-refractivity contribution in [3.8, 4) is 11.5 Å². The van der Waals surface area contributed by atoms with E-state index in [0.29, 0.717) is 43.5 Å². The average molecular weight is 649 g/mol. The van der Waals surface area contributed by atoms with Gasteiger partial charge in [0.2, 0.25) is 5.60 Å². The fraction of sp³-hybridized carbons (Fsp3) is 0.412. The van der Waals surface area contributed by atoms with Crippen LogP contribution in [0, 0.1) is 6.92 Å². The number of anilines is 1. The van der Waals surface area contributed by atoms with Crippen LogP contribution in [0.2, 0.25) is 0 Å². The summed E-state index contributed by atoms with van der Waals surface area (Å²) in [6.45, 7) is 5.94. The molecule has 0 aliphatic carbocycles. The van der Waals surface area contributed by atoms with Gasteiger partial charge in [-0.1, -0.05) is 36.4 Å². The molecule has 3 aliphatic rings. The number of ether oxygens (including phenoxy) is 3. The van der Waals surface area contributed by atoms with Crippen molar-refractivity contribution in [2.75, 3.05) is 64.8 Å². The van der Waals surface area contributed by atoms with Crippen LogP contribution < -0.4 is 13.8 Å². The van der Waals surface area contributed by atoms with E-state index < -0.39 is 27.6 Å². The predicted molar refractivity (Wildman–Crippen MR) is 173 cm³/mol. The number of hydrogen-bond acceptors (Lipinski definition) is 9. The number of fused-ring (bicyclic) bond motifs is 1. The maximum atomic E-state index is 14.9. The summed E-state index contributed by atoms with van der Waals surface area (Å²) < 4.78 is 47.0. The smallest absolute Gasteiger partial charge is 0.411 e. The summed E-state index contributed by atoms with van der Waals surface area (Å²) in [5.41, 5.74) is -1.27. The zero-order valence-electron chi connectivity index (χ0n) is 26.6. The summed E-state index contributed by atoms with van der Waals surface area (Å²) in [7, 11) is 0.607. The number of aryl methyl sites for hydroxylation is 1. The summed E-state index contributed by atoms with van der Waals surface area (Å²) in [6.07, 6.45) is 1.44. The predicted octanol–water partition coefficient (Wildman–Crippen LogP) is 3.84. The minimum atomic E-state index is -4.45. The van der Waals surface area contributed by atoms with Crippen molar-refractivity contribution >= 4 is 27.7 Å². The van der Waals surface area contributed by atoms with E-state index in [9.17, 15) is 18.0 Å². The van der Waals surface area contributed by atoms with E-state index in [0.717, 1.165) is 30.2 Å². The van der Waals surface area contributed by atoms with Crippen LogP contribution in [0.4, 0.5) is 10.5 Å². The molecule has 3 aromatic rings. The van der Waals surface area contributed by atoms with Crippen LogP contribution in [0.25, 0.3) is 0 Å². The monoisotopic (exact) mass is 648 g/mol. The van der Waals surface area contributed by atoms with E-state index >= 15 is 0 Å². The van der Waals surface area contributed by atoms with Gasteiger partial charge in [0.05, 0.1) is 30.4 Å². The second kappa shape index (κ2) is 12.6. The zero-order valence-corrected chi connectivity index (χ0v) is 27.5. The Morgan fingerprint density at radius 3 is 2.20 bits per heavy atom. The maximum Gasteiger partial charge on any atom is 0.411 e. The fourth-order valence-electron chi connectivity index (χ4n) is 6.83. The third-order valence-corrected chi connectivity index (χ3v) is 11.3. The molecule has 46 heavy (non-hydrogen) atoms. The molecule has 0 N–H and O–H groups in total. The van der Waals surface area contributed by atoms with Gasteiger partial charge in [-0.05, 0) is 75.8 Å². The lowest BCUT2D eigenvalue weighted by molar-refractivity contribution is -0.132. The van der Waals surface area contributed by atoms with Crippen molar-refractivity contribution in [2.45, 2.75) is 36.3 Å². The lowest BCUT2D eigenvalue weighted by atomic mass is 9.86. The van der Waals surface area contributed by atoms with Crippen LogP contribution in [0.1, 0.15) is 29.5 Å². The largest absolute Gasteiger partial charge is 0.497 e. The minimum absolute atomic E-state index is 0.0303. The molecule has 2 amide bonds.